The van der Waals surface area contributed by atoms with Crippen LogP contribution in [-0.4, -0.2) is 26.5 Å². The number of carbonyl (C=O) groups excluding carboxylic acids is 1. The van der Waals surface area contributed by atoms with Gasteiger partial charge in [-0.25, -0.2) is 9.97 Å². The highest BCUT2D eigenvalue weighted by Gasteiger charge is 2.29. The summed E-state index contributed by atoms with van der Waals surface area (Å²) in [6, 6.07) is 13.5. The van der Waals surface area contributed by atoms with Gasteiger partial charge in [0, 0.05) is 47.1 Å². The molecule has 0 fully saturated rings. The summed E-state index contributed by atoms with van der Waals surface area (Å²) in [5, 5.41) is 0.543. The van der Waals surface area contributed by atoms with E-state index in [0.29, 0.717) is 22.9 Å². The fraction of sp³-hybridized carbons (Fsp3) is 0.0435. The molecule has 2 aliphatic heterocycles. The van der Waals surface area contributed by atoms with Crippen LogP contribution in [0, 0.1) is 0 Å². The van der Waals surface area contributed by atoms with Gasteiger partial charge in [0.1, 0.15) is 11.5 Å². The maximum atomic E-state index is 12.9. The van der Waals surface area contributed by atoms with E-state index in [-0.39, 0.29) is 5.91 Å². The number of halogens is 1. The third-order valence-corrected chi connectivity index (χ3v) is 5.68. The molecule has 0 N–H and O–H groups in total. The van der Waals surface area contributed by atoms with Crippen LogP contribution in [0.1, 0.15) is 21.5 Å². The molecule has 0 spiro atoms. The van der Waals surface area contributed by atoms with Crippen molar-refractivity contribution in [3.05, 3.63) is 89.0 Å². The van der Waals surface area contributed by atoms with Gasteiger partial charge in [0.25, 0.3) is 5.91 Å². The number of fused-ring (bicyclic) bond motifs is 2. The molecule has 0 radical (unpaired) electrons. The molecular weight excluding hydrogens is 398 g/mol. The van der Waals surface area contributed by atoms with Gasteiger partial charge in [-0.2, -0.15) is 0 Å². The number of imidazole rings is 1. The Balaban J connectivity index is 1.39. The maximum absolute atomic E-state index is 12.9. The minimum Gasteiger partial charge on any atom is -0.299 e. The maximum Gasteiger partial charge on any atom is 0.260 e. The number of amides is 1. The monoisotopic (exact) mass is 411 g/mol. The van der Waals surface area contributed by atoms with Crippen molar-refractivity contribution in [3.8, 4) is 11.3 Å². The van der Waals surface area contributed by atoms with E-state index in [1.165, 1.54) is 0 Å². The van der Waals surface area contributed by atoms with Gasteiger partial charge in [-0.3, -0.25) is 19.1 Å². The molecule has 6 rings (SSSR count). The molecule has 0 saturated carbocycles. The molecule has 3 aromatic heterocycles. The highest BCUT2D eigenvalue weighted by Crippen LogP contribution is 2.32. The second kappa shape index (κ2) is 6.37. The minimum absolute atomic E-state index is 0.0528. The predicted molar refractivity (Wildman–Crippen MR) is 117 cm³/mol. The zero-order valence-electron chi connectivity index (χ0n) is 15.7. The number of hydrogen-bond acceptors (Lipinski definition) is 4. The molecule has 0 bridgehead atoms. The van der Waals surface area contributed by atoms with Crippen LogP contribution in [0.5, 0.6) is 0 Å². The van der Waals surface area contributed by atoms with Crippen molar-refractivity contribution < 1.29 is 4.79 Å². The van der Waals surface area contributed by atoms with Crippen LogP contribution >= 0.6 is 11.6 Å². The van der Waals surface area contributed by atoms with Gasteiger partial charge in [-0.1, -0.05) is 17.7 Å². The molecule has 5 heterocycles. The normalized spacial score (nSPS) is 14.8. The molecule has 144 valence electrons. The van der Waals surface area contributed by atoms with Crippen LogP contribution in [0.4, 0.5) is 5.82 Å². The molecule has 0 unspecified atom stereocenters. The van der Waals surface area contributed by atoms with Crippen molar-refractivity contribution in [2.45, 2.75) is 6.54 Å². The average Bonchev–Trinajstić information content (AvgIpc) is 3.28. The summed E-state index contributed by atoms with van der Waals surface area (Å²) in [6.45, 7) is 0.474. The summed E-state index contributed by atoms with van der Waals surface area (Å²) in [6.07, 6.45) is 9.17. The van der Waals surface area contributed by atoms with Crippen LogP contribution in [0.15, 0.2) is 72.2 Å². The summed E-state index contributed by atoms with van der Waals surface area (Å²) in [7, 11) is 0. The highest BCUT2D eigenvalue weighted by atomic mass is 35.5. The number of aliphatic imine (C=N–C) groups is 1. The van der Waals surface area contributed by atoms with Crippen LogP contribution < -0.4 is 4.90 Å². The summed E-state index contributed by atoms with van der Waals surface area (Å²) < 4.78 is 2.07. The number of aromatic nitrogens is 3. The van der Waals surface area contributed by atoms with Crippen LogP contribution in [0.3, 0.4) is 0 Å². The molecule has 7 heteroatoms. The van der Waals surface area contributed by atoms with E-state index < -0.39 is 0 Å². The summed E-state index contributed by atoms with van der Waals surface area (Å²) >= 11 is 5.93. The van der Waals surface area contributed by atoms with Gasteiger partial charge < -0.3 is 0 Å². The van der Waals surface area contributed by atoms with Crippen LogP contribution in [0.25, 0.3) is 22.5 Å². The lowest BCUT2D eigenvalue weighted by Gasteiger charge is -2.13. The van der Waals surface area contributed by atoms with Gasteiger partial charge in [-0.15, -0.1) is 0 Å². The third-order valence-electron chi connectivity index (χ3n) is 5.46. The largest absolute Gasteiger partial charge is 0.299 e. The van der Waals surface area contributed by atoms with Crippen molar-refractivity contribution in [3.63, 3.8) is 0 Å². The van der Waals surface area contributed by atoms with Gasteiger partial charge in [0.15, 0.2) is 0 Å². The highest BCUT2D eigenvalue weighted by molar-refractivity contribution is 6.30. The minimum atomic E-state index is -0.0528. The lowest BCUT2D eigenvalue weighted by molar-refractivity contribution is 0.0996. The lowest BCUT2D eigenvalue weighted by atomic mass is 10.0. The second-order valence-corrected chi connectivity index (χ2v) is 7.69. The summed E-state index contributed by atoms with van der Waals surface area (Å²) in [4.78, 5) is 27.4. The third kappa shape index (κ3) is 2.58. The van der Waals surface area contributed by atoms with E-state index in [0.717, 1.165) is 33.6 Å². The van der Waals surface area contributed by atoms with E-state index in [1.54, 1.807) is 23.2 Å². The zero-order valence-corrected chi connectivity index (χ0v) is 16.4. The van der Waals surface area contributed by atoms with E-state index in [2.05, 4.69) is 31.6 Å². The fourth-order valence-corrected chi connectivity index (χ4v) is 3.97. The number of allylic oxidation sites excluding steroid dienone is 1. The Kier molecular flexibility index (Phi) is 3.63. The van der Waals surface area contributed by atoms with Crippen LogP contribution in [0.2, 0.25) is 5.02 Å². The molecule has 4 aromatic rings. The van der Waals surface area contributed by atoms with Gasteiger partial charge in [0.05, 0.1) is 23.5 Å². The first kappa shape index (κ1) is 17.1. The fourth-order valence-electron chi connectivity index (χ4n) is 3.86. The van der Waals surface area contributed by atoms with E-state index >= 15 is 0 Å². The van der Waals surface area contributed by atoms with Gasteiger partial charge >= 0.3 is 0 Å². The Bertz CT molecular complexity index is 1400. The second-order valence-electron chi connectivity index (χ2n) is 7.25. The SMILES string of the molecule is O=C1c2ccc(-c3cnc4ccc(C5=CN=C5)cn34)cc2CN1c1ccc(Cl)cn1. The average molecular weight is 412 g/mol. The molecule has 0 atom stereocenters. The molecule has 1 aromatic carbocycles. The predicted octanol–water partition coefficient (Wildman–Crippen LogP) is 4.64. The number of nitrogens with zero attached hydrogens (tertiary/aromatic N) is 5. The van der Waals surface area contributed by atoms with Crippen LogP contribution in [-0.2, 0) is 6.54 Å². The number of anilines is 1. The van der Waals surface area contributed by atoms with Crippen molar-refractivity contribution in [1.29, 1.82) is 0 Å². The molecule has 6 nitrogen and oxygen atoms in total. The van der Waals surface area contributed by atoms with Gasteiger partial charge in [0.2, 0.25) is 0 Å². The number of benzene rings is 1. The molecule has 0 saturated heterocycles. The molecule has 2 aliphatic rings. The Morgan fingerprint density at radius 3 is 2.60 bits per heavy atom. The quantitative estimate of drug-likeness (QED) is 0.493. The van der Waals surface area contributed by atoms with E-state index in [1.807, 2.05) is 42.9 Å². The molecule has 1 amide bonds. The van der Waals surface area contributed by atoms with Crippen molar-refractivity contribution in [2.24, 2.45) is 4.99 Å². The van der Waals surface area contributed by atoms with Crippen molar-refractivity contribution in [1.82, 2.24) is 14.4 Å². The Morgan fingerprint density at radius 1 is 0.967 bits per heavy atom. The first-order chi connectivity index (χ1) is 14.7. The smallest absolute Gasteiger partial charge is 0.260 e. The summed E-state index contributed by atoms with van der Waals surface area (Å²) in [5.74, 6) is 0.542. The van der Waals surface area contributed by atoms with Crippen molar-refractivity contribution in [2.75, 3.05) is 4.90 Å². The molecule has 0 aliphatic carbocycles. The first-order valence-electron chi connectivity index (χ1n) is 9.45. The van der Waals surface area contributed by atoms with E-state index in [4.69, 9.17) is 11.6 Å². The molecular formula is C23H14ClN5O. The number of hydrogen-bond donors (Lipinski definition) is 0. The first-order valence-corrected chi connectivity index (χ1v) is 9.83. The Labute approximate surface area is 176 Å². The Morgan fingerprint density at radius 2 is 1.83 bits per heavy atom. The number of pyridine rings is 2. The zero-order chi connectivity index (χ0) is 20.2. The van der Waals surface area contributed by atoms with Crippen molar-refractivity contribution >= 4 is 40.8 Å². The lowest BCUT2D eigenvalue weighted by Crippen LogP contribution is -2.23. The summed E-state index contributed by atoms with van der Waals surface area (Å²) in [5.41, 5.74) is 6.70. The Hall–Kier alpha value is -3.77. The number of carbonyl (C=O) groups is 1. The van der Waals surface area contributed by atoms with E-state index in [9.17, 15) is 4.79 Å². The number of rotatable bonds is 3. The van der Waals surface area contributed by atoms with Gasteiger partial charge in [-0.05, 0) is 42.0 Å². The standard InChI is InChI=1S/C23H14ClN5O/c24-18-3-6-22(26-10-18)29-13-16-7-14(1-4-19(16)23(29)30)20-11-27-21-5-2-15(12-28(20)21)17-8-25-9-17/h1-12H,13H2. The molecule has 30 heavy (non-hydrogen) atoms. The topological polar surface area (TPSA) is 62.9 Å².